The Balaban J connectivity index is 1.19. The largest absolute Gasteiger partial charge is 0.329 e. The molecule has 0 saturated heterocycles. The summed E-state index contributed by atoms with van der Waals surface area (Å²) in [6.07, 6.45) is 7.89. The number of amidine groups is 1. The number of imidazole rings is 1. The number of hydrogen-bond acceptors (Lipinski definition) is 6. The number of hydrogen-bond donors (Lipinski definition) is 2. The molecule has 8 heteroatoms. The molecule has 1 atom stereocenters. The van der Waals surface area contributed by atoms with Gasteiger partial charge in [-0.1, -0.05) is 42.5 Å². The second kappa shape index (κ2) is 9.30. The highest BCUT2D eigenvalue weighted by Crippen LogP contribution is 2.39. The molecule has 2 aromatic heterocycles. The van der Waals surface area contributed by atoms with Crippen LogP contribution in [-0.4, -0.2) is 37.8 Å². The minimum atomic E-state index is -0.266. The molecule has 1 fully saturated rings. The summed E-state index contributed by atoms with van der Waals surface area (Å²) in [5.74, 6) is 1.15. The molecule has 1 amide bonds. The van der Waals surface area contributed by atoms with Crippen LogP contribution in [0.5, 0.6) is 0 Å². The van der Waals surface area contributed by atoms with Crippen LogP contribution in [0.15, 0.2) is 90.6 Å². The van der Waals surface area contributed by atoms with Crippen molar-refractivity contribution >= 4 is 17.4 Å². The molecule has 2 N–H and O–H groups in total. The van der Waals surface area contributed by atoms with Gasteiger partial charge in [0, 0.05) is 29.6 Å². The Morgan fingerprint density at radius 1 is 1.06 bits per heavy atom. The van der Waals surface area contributed by atoms with Crippen LogP contribution < -0.4 is 10.7 Å². The van der Waals surface area contributed by atoms with E-state index in [1.54, 1.807) is 18.6 Å². The fraction of sp³-hybridized carbons (Fsp3) is 0.214. The van der Waals surface area contributed by atoms with Crippen LogP contribution in [0.25, 0.3) is 5.69 Å². The maximum atomic E-state index is 13.1. The average Bonchev–Trinajstić information content (AvgIpc) is 3.44. The standard InChI is InChI=1S/C28H27N7O/c1-19(20-6-3-2-4-7-20)35-18-31-33-27(35)22-8-5-9-23(14-22)32-28(36)25-15-24(12-13-29-25)34-16-26(30-17-34)21-10-11-21/h2-9,12-17,19,21,31H,10-11,18H2,1H3,(H,32,36). The van der Waals surface area contributed by atoms with Gasteiger partial charge in [-0.15, -0.1) is 0 Å². The number of anilines is 1. The lowest BCUT2D eigenvalue weighted by Crippen LogP contribution is -2.32. The normalized spacial score (nSPS) is 15.8. The van der Waals surface area contributed by atoms with E-state index in [1.807, 2.05) is 59.3 Å². The molecule has 0 bridgehead atoms. The summed E-state index contributed by atoms with van der Waals surface area (Å²) in [4.78, 5) is 24.1. The lowest BCUT2D eigenvalue weighted by Gasteiger charge is -2.27. The minimum Gasteiger partial charge on any atom is -0.329 e. The molecular formula is C28H27N7O. The van der Waals surface area contributed by atoms with Gasteiger partial charge in [0.25, 0.3) is 5.91 Å². The molecular weight excluding hydrogens is 450 g/mol. The number of rotatable bonds is 7. The molecule has 36 heavy (non-hydrogen) atoms. The summed E-state index contributed by atoms with van der Waals surface area (Å²) < 4.78 is 1.94. The monoisotopic (exact) mass is 477 g/mol. The van der Waals surface area contributed by atoms with Gasteiger partial charge < -0.3 is 14.8 Å². The summed E-state index contributed by atoms with van der Waals surface area (Å²) in [7, 11) is 0. The van der Waals surface area contributed by atoms with E-state index in [4.69, 9.17) is 0 Å². The van der Waals surface area contributed by atoms with Gasteiger partial charge in [-0.25, -0.2) is 4.98 Å². The second-order valence-electron chi connectivity index (χ2n) is 9.22. The number of carbonyl (C=O) groups is 1. The number of nitrogens with one attached hydrogen (secondary N) is 2. The number of carbonyl (C=O) groups excluding carboxylic acids is 1. The molecule has 1 aliphatic carbocycles. The van der Waals surface area contributed by atoms with Gasteiger partial charge in [-0.3, -0.25) is 15.2 Å². The van der Waals surface area contributed by atoms with E-state index in [1.165, 1.54) is 18.4 Å². The Hall–Kier alpha value is -4.46. The quantitative estimate of drug-likeness (QED) is 0.404. The Morgan fingerprint density at radius 2 is 1.92 bits per heavy atom. The molecule has 6 rings (SSSR count). The Labute approximate surface area is 209 Å². The molecule has 1 aliphatic heterocycles. The van der Waals surface area contributed by atoms with Gasteiger partial charge in [0.15, 0.2) is 5.84 Å². The van der Waals surface area contributed by atoms with Gasteiger partial charge in [0.05, 0.1) is 23.8 Å². The number of benzene rings is 2. The molecule has 1 saturated carbocycles. The molecule has 0 radical (unpaired) electrons. The van der Waals surface area contributed by atoms with Crippen LogP contribution in [-0.2, 0) is 0 Å². The van der Waals surface area contributed by atoms with Crippen molar-refractivity contribution in [2.24, 2.45) is 5.10 Å². The summed E-state index contributed by atoms with van der Waals surface area (Å²) in [5.41, 5.74) is 8.24. The zero-order valence-electron chi connectivity index (χ0n) is 20.0. The maximum Gasteiger partial charge on any atom is 0.274 e. The summed E-state index contributed by atoms with van der Waals surface area (Å²) in [5, 5.41) is 7.52. The smallest absolute Gasteiger partial charge is 0.274 e. The fourth-order valence-electron chi connectivity index (χ4n) is 4.49. The third kappa shape index (κ3) is 4.45. The summed E-state index contributed by atoms with van der Waals surface area (Å²) in [6, 6.07) is 21.9. The third-order valence-corrected chi connectivity index (χ3v) is 6.70. The predicted molar refractivity (Wildman–Crippen MR) is 139 cm³/mol. The van der Waals surface area contributed by atoms with Crippen molar-refractivity contribution in [3.8, 4) is 5.69 Å². The molecule has 2 aliphatic rings. The van der Waals surface area contributed by atoms with Gasteiger partial charge in [-0.05, 0) is 49.6 Å². The van der Waals surface area contributed by atoms with Crippen molar-refractivity contribution in [1.82, 2.24) is 24.9 Å². The molecule has 8 nitrogen and oxygen atoms in total. The molecule has 0 spiro atoms. The number of pyridine rings is 1. The highest BCUT2D eigenvalue weighted by molar-refractivity contribution is 6.05. The molecule has 180 valence electrons. The van der Waals surface area contributed by atoms with Crippen molar-refractivity contribution in [2.75, 3.05) is 12.0 Å². The first-order valence-corrected chi connectivity index (χ1v) is 12.2. The highest BCUT2D eigenvalue weighted by Gasteiger charge is 2.26. The fourth-order valence-corrected chi connectivity index (χ4v) is 4.49. The van der Waals surface area contributed by atoms with Crippen LogP contribution in [0, 0.1) is 0 Å². The van der Waals surface area contributed by atoms with Crippen molar-refractivity contribution in [3.63, 3.8) is 0 Å². The zero-order chi connectivity index (χ0) is 24.5. The molecule has 3 heterocycles. The van der Waals surface area contributed by atoms with E-state index in [9.17, 15) is 4.79 Å². The Kier molecular flexibility index (Phi) is 5.69. The van der Waals surface area contributed by atoms with E-state index in [2.05, 4.69) is 49.8 Å². The Morgan fingerprint density at radius 3 is 2.75 bits per heavy atom. The van der Waals surface area contributed by atoms with Gasteiger partial charge in [-0.2, -0.15) is 5.10 Å². The van der Waals surface area contributed by atoms with E-state index in [0.717, 1.165) is 22.8 Å². The lowest BCUT2D eigenvalue weighted by molar-refractivity contribution is 0.102. The van der Waals surface area contributed by atoms with Gasteiger partial charge in [0.1, 0.15) is 12.4 Å². The van der Waals surface area contributed by atoms with E-state index >= 15 is 0 Å². The van der Waals surface area contributed by atoms with Crippen LogP contribution in [0.1, 0.15) is 59.0 Å². The highest BCUT2D eigenvalue weighted by atomic mass is 16.1. The van der Waals surface area contributed by atoms with Crippen LogP contribution in [0.4, 0.5) is 5.69 Å². The first kappa shape index (κ1) is 22.0. The number of nitrogens with zero attached hydrogens (tertiary/aromatic N) is 5. The van der Waals surface area contributed by atoms with Gasteiger partial charge >= 0.3 is 0 Å². The third-order valence-electron chi connectivity index (χ3n) is 6.70. The van der Waals surface area contributed by atoms with E-state index < -0.39 is 0 Å². The topological polar surface area (TPSA) is 87.4 Å². The lowest BCUT2D eigenvalue weighted by atomic mass is 10.1. The van der Waals surface area contributed by atoms with Gasteiger partial charge in [0.2, 0.25) is 0 Å². The Bertz CT molecular complexity index is 1420. The molecule has 2 aromatic carbocycles. The van der Waals surface area contributed by atoms with Crippen LogP contribution in [0.3, 0.4) is 0 Å². The molecule has 1 unspecified atom stereocenters. The minimum absolute atomic E-state index is 0.147. The summed E-state index contributed by atoms with van der Waals surface area (Å²) in [6.45, 7) is 2.78. The zero-order valence-corrected chi connectivity index (χ0v) is 20.0. The summed E-state index contributed by atoms with van der Waals surface area (Å²) >= 11 is 0. The van der Waals surface area contributed by atoms with Crippen molar-refractivity contribution in [3.05, 3.63) is 108 Å². The van der Waals surface area contributed by atoms with Crippen LogP contribution >= 0.6 is 0 Å². The SMILES string of the molecule is CC(c1ccccc1)N1CNN=C1c1cccc(NC(=O)c2cc(-n3cnc(C4CC4)c3)ccn2)c1. The van der Waals surface area contributed by atoms with Crippen molar-refractivity contribution in [1.29, 1.82) is 0 Å². The van der Waals surface area contributed by atoms with Crippen LogP contribution in [0.2, 0.25) is 0 Å². The average molecular weight is 478 g/mol. The molecule has 4 aromatic rings. The second-order valence-corrected chi connectivity index (χ2v) is 9.22. The number of hydrazone groups is 1. The van der Waals surface area contributed by atoms with Crippen molar-refractivity contribution in [2.45, 2.75) is 31.7 Å². The van der Waals surface area contributed by atoms with E-state index in [0.29, 0.717) is 24.0 Å². The number of amides is 1. The van der Waals surface area contributed by atoms with E-state index in [-0.39, 0.29) is 11.9 Å². The number of aromatic nitrogens is 3. The first-order valence-electron chi connectivity index (χ1n) is 12.2. The first-order chi connectivity index (χ1) is 17.7. The van der Waals surface area contributed by atoms with Crippen molar-refractivity contribution < 1.29 is 4.79 Å². The predicted octanol–water partition coefficient (Wildman–Crippen LogP) is 4.68. The maximum absolute atomic E-state index is 13.1.